The Morgan fingerprint density at radius 1 is 1.50 bits per heavy atom. The van der Waals surface area contributed by atoms with Gasteiger partial charge in [-0.05, 0) is 30.7 Å². The van der Waals surface area contributed by atoms with Gasteiger partial charge in [0.1, 0.15) is 5.82 Å². The molecule has 1 aliphatic carbocycles. The summed E-state index contributed by atoms with van der Waals surface area (Å²) in [5.41, 5.74) is -0.872. The van der Waals surface area contributed by atoms with Crippen LogP contribution in [0.15, 0.2) is 18.2 Å². The van der Waals surface area contributed by atoms with Crippen molar-refractivity contribution in [1.29, 1.82) is 0 Å². The molecule has 1 aromatic carbocycles. The van der Waals surface area contributed by atoms with Gasteiger partial charge < -0.3 is 5.11 Å². The molecule has 0 amide bonds. The number of carboxylic acids is 1. The molecule has 0 spiro atoms. The molecule has 1 saturated carbocycles. The maximum absolute atomic E-state index is 14.0. The summed E-state index contributed by atoms with van der Waals surface area (Å²) in [5.74, 6) is -0.802. The van der Waals surface area contributed by atoms with E-state index < -0.39 is 17.2 Å². The fourth-order valence-electron chi connectivity index (χ4n) is 2.69. The quantitative estimate of drug-likeness (QED) is 0.905. The van der Waals surface area contributed by atoms with Crippen LogP contribution in [0.5, 0.6) is 0 Å². The maximum atomic E-state index is 14.0. The van der Waals surface area contributed by atoms with Gasteiger partial charge >= 0.3 is 5.97 Å². The number of hydrogen-bond donors (Lipinski definition) is 1. The number of benzene rings is 1. The number of hydrogen-bond acceptors (Lipinski definition) is 1. The summed E-state index contributed by atoms with van der Waals surface area (Å²) in [5, 5.41) is 9.43. The van der Waals surface area contributed by atoms with Crippen molar-refractivity contribution in [2.24, 2.45) is 11.8 Å². The van der Waals surface area contributed by atoms with E-state index in [0.29, 0.717) is 24.7 Å². The van der Waals surface area contributed by atoms with Crippen molar-refractivity contribution in [3.05, 3.63) is 34.6 Å². The second-order valence-corrected chi connectivity index (χ2v) is 5.81. The first-order valence-electron chi connectivity index (χ1n) is 6.06. The Kier molecular flexibility index (Phi) is 3.37. The third-order valence-electron chi connectivity index (χ3n) is 4.04. The second kappa shape index (κ2) is 4.54. The van der Waals surface area contributed by atoms with Gasteiger partial charge in [-0.1, -0.05) is 37.6 Å². The van der Waals surface area contributed by atoms with Crippen molar-refractivity contribution < 1.29 is 14.3 Å². The minimum Gasteiger partial charge on any atom is -0.481 e. The Labute approximate surface area is 111 Å². The highest BCUT2D eigenvalue weighted by Gasteiger charge is 2.53. The zero-order chi connectivity index (χ0) is 13.5. The lowest BCUT2D eigenvalue weighted by Crippen LogP contribution is -2.49. The molecular weight excluding hydrogens is 255 g/mol. The van der Waals surface area contributed by atoms with E-state index in [9.17, 15) is 14.3 Å². The molecule has 1 aromatic rings. The summed E-state index contributed by atoms with van der Waals surface area (Å²) in [6, 6.07) is 4.58. The van der Waals surface area contributed by atoms with Crippen LogP contribution >= 0.6 is 11.6 Å². The molecule has 0 radical (unpaired) electrons. The van der Waals surface area contributed by atoms with Crippen molar-refractivity contribution in [3.63, 3.8) is 0 Å². The molecule has 0 saturated heterocycles. The standard InChI is InChI=1S/C14H16ClFO2/c1-8(2)9-6-14(7-9,13(17)18)10-4-3-5-11(15)12(10)16/h3-5,8-9H,6-7H2,1-2H3,(H,17,18). The second-order valence-electron chi connectivity index (χ2n) is 5.40. The Morgan fingerprint density at radius 3 is 2.61 bits per heavy atom. The van der Waals surface area contributed by atoms with Crippen LogP contribution < -0.4 is 0 Å². The van der Waals surface area contributed by atoms with Crippen molar-refractivity contribution in [2.45, 2.75) is 32.1 Å². The molecule has 2 rings (SSSR count). The van der Waals surface area contributed by atoms with Crippen LogP contribution in [0.25, 0.3) is 0 Å². The molecule has 18 heavy (non-hydrogen) atoms. The van der Waals surface area contributed by atoms with Crippen molar-refractivity contribution >= 4 is 17.6 Å². The minimum absolute atomic E-state index is 0.0129. The largest absolute Gasteiger partial charge is 0.481 e. The van der Waals surface area contributed by atoms with E-state index >= 15 is 0 Å². The average molecular weight is 271 g/mol. The monoisotopic (exact) mass is 270 g/mol. The van der Waals surface area contributed by atoms with Crippen LogP contribution in [0, 0.1) is 17.7 Å². The summed E-state index contributed by atoms with van der Waals surface area (Å²) in [7, 11) is 0. The highest BCUT2D eigenvalue weighted by Crippen LogP contribution is 2.52. The molecule has 0 atom stereocenters. The molecule has 98 valence electrons. The maximum Gasteiger partial charge on any atom is 0.314 e. The summed E-state index contributed by atoms with van der Waals surface area (Å²) < 4.78 is 14.0. The number of aliphatic carboxylic acids is 1. The molecule has 4 heteroatoms. The van der Waals surface area contributed by atoms with Gasteiger partial charge in [-0.25, -0.2) is 4.39 Å². The molecular formula is C14H16ClFO2. The Hall–Kier alpha value is -1.09. The smallest absolute Gasteiger partial charge is 0.314 e. The molecule has 1 N–H and O–H groups in total. The number of carbonyl (C=O) groups is 1. The Balaban J connectivity index is 2.39. The first-order chi connectivity index (χ1) is 8.38. The van der Waals surface area contributed by atoms with Crippen molar-refractivity contribution in [2.75, 3.05) is 0 Å². The van der Waals surface area contributed by atoms with Crippen LogP contribution in [0.1, 0.15) is 32.3 Å². The lowest BCUT2D eigenvalue weighted by molar-refractivity contribution is -0.151. The van der Waals surface area contributed by atoms with Crippen LogP contribution in [0.3, 0.4) is 0 Å². The van der Waals surface area contributed by atoms with Crippen molar-refractivity contribution in [3.8, 4) is 0 Å². The Bertz CT molecular complexity index is 479. The minimum atomic E-state index is -1.09. The zero-order valence-electron chi connectivity index (χ0n) is 10.4. The normalized spacial score (nSPS) is 27.1. The van der Waals surface area contributed by atoms with E-state index in [0.717, 1.165) is 0 Å². The van der Waals surface area contributed by atoms with Gasteiger partial charge in [0.05, 0.1) is 10.4 Å². The topological polar surface area (TPSA) is 37.3 Å². The fraction of sp³-hybridized carbons (Fsp3) is 0.500. The molecule has 0 unspecified atom stereocenters. The average Bonchev–Trinajstić information content (AvgIpc) is 2.21. The van der Waals surface area contributed by atoms with Gasteiger partial charge in [-0.2, -0.15) is 0 Å². The Morgan fingerprint density at radius 2 is 2.11 bits per heavy atom. The number of carboxylic acid groups (broad SMARTS) is 1. The van der Waals surface area contributed by atoms with E-state index in [-0.39, 0.29) is 10.6 Å². The molecule has 1 fully saturated rings. The predicted molar refractivity (Wildman–Crippen MR) is 68.3 cm³/mol. The van der Waals surface area contributed by atoms with Crippen LogP contribution in [-0.2, 0) is 10.2 Å². The fourth-order valence-corrected chi connectivity index (χ4v) is 2.86. The van der Waals surface area contributed by atoms with E-state index in [1.165, 1.54) is 12.1 Å². The lowest BCUT2D eigenvalue weighted by atomic mass is 9.56. The predicted octanol–water partition coefficient (Wildman–Crippen LogP) is 3.87. The zero-order valence-corrected chi connectivity index (χ0v) is 11.2. The summed E-state index contributed by atoms with van der Waals surface area (Å²) in [4.78, 5) is 11.5. The highest BCUT2D eigenvalue weighted by atomic mass is 35.5. The van der Waals surface area contributed by atoms with Gasteiger partial charge in [0.2, 0.25) is 0 Å². The van der Waals surface area contributed by atoms with Crippen molar-refractivity contribution in [1.82, 2.24) is 0 Å². The van der Waals surface area contributed by atoms with Crippen LogP contribution in [-0.4, -0.2) is 11.1 Å². The van der Waals surface area contributed by atoms with Gasteiger partial charge in [-0.3, -0.25) is 4.79 Å². The van der Waals surface area contributed by atoms with Gasteiger partial charge in [-0.15, -0.1) is 0 Å². The molecule has 0 aromatic heterocycles. The first-order valence-corrected chi connectivity index (χ1v) is 6.44. The number of halogens is 2. The SMILES string of the molecule is CC(C)C1CC(C(=O)O)(c2cccc(Cl)c2F)C1. The molecule has 0 heterocycles. The lowest BCUT2D eigenvalue weighted by Gasteiger charge is -2.46. The van der Waals surface area contributed by atoms with Gasteiger partial charge in [0.25, 0.3) is 0 Å². The number of rotatable bonds is 3. The van der Waals surface area contributed by atoms with Gasteiger partial charge in [0.15, 0.2) is 0 Å². The van der Waals surface area contributed by atoms with E-state index in [2.05, 4.69) is 13.8 Å². The van der Waals surface area contributed by atoms with Crippen LogP contribution in [0.2, 0.25) is 5.02 Å². The summed E-state index contributed by atoms with van der Waals surface area (Å²) in [6.07, 6.45) is 0.967. The summed E-state index contributed by atoms with van der Waals surface area (Å²) >= 11 is 5.74. The van der Waals surface area contributed by atoms with Crippen LogP contribution in [0.4, 0.5) is 4.39 Å². The highest BCUT2D eigenvalue weighted by molar-refractivity contribution is 6.30. The van der Waals surface area contributed by atoms with E-state index in [1.54, 1.807) is 6.07 Å². The molecule has 0 aliphatic heterocycles. The summed E-state index contributed by atoms with van der Waals surface area (Å²) in [6.45, 7) is 4.12. The molecule has 0 bridgehead atoms. The van der Waals surface area contributed by atoms with E-state index in [1.807, 2.05) is 0 Å². The molecule has 2 nitrogen and oxygen atoms in total. The van der Waals surface area contributed by atoms with Gasteiger partial charge in [0, 0.05) is 5.56 Å². The third-order valence-corrected chi connectivity index (χ3v) is 4.33. The first kappa shape index (κ1) is 13.3. The third kappa shape index (κ3) is 1.91. The van der Waals surface area contributed by atoms with E-state index in [4.69, 9.17) is 11.6 Å². The molecule has 1 aliphatic rings.